The average Bonchev–Trinajstić information content (AvgIpc) is 1.41. The molecular formula is C79H100N2O11. The zero-order valence-corrected chi connectivity index (χ0v) is 54.5. The lowest BCUT2D eigenvalue weighted by Crippen LogP contribution is -2.82. The van der Waals surface area contributed by atoms with E-state index in [-0.39, 0.29) is 77.2 Å². The minimum Gasteiger partial charge on any atom is -0.469 e. The molecule has 8 heterocycles. The van der Waals surface area contributed by atoms with Crippen LogP contribution in [0.25, 0.3) is 0 Å². The van der Waals surface area contributed by atoms with E-state index >= 15 is 19.5 Å². The highest BCUT2D eigenvalue weighted by Crippen LogP contribution is 2.92. The summed E-state index contributed by atoms with van der Waals surface area (Å²) >= 11 is 0. The number of cyclic esters (lactones) is 2. The quantitative estimate of drug-likeness (QED) is 0.106. The van der Waals surface area contributed by atoms with Crippen LogP contribution in [0.1, 0.15) is 185 Å². The molecule has 20 rings (SSSR count). The van der Waals surface area contributed by atoms with Crippen LogP contribution in [-0.2, 0) is 46.2 Å². The molecule has 2 aromatic rings. The third-order valence-electron chi connectivity index (χ3n) is 32.9. The number of epoxide rings is 1. The standard InChI is InChI=1S/C79H100N2O11/c1-44-54-17-7-6-15-47(54)20-27-73(44)25-11-26-76-61(73)34-52-33-53-38-72(23-8-9-24-72)41-74(53)37-50-36-71(2)67(56-22-29-88-60(56)35-57(59(83)40-82)48-18-19-55-49(32-48)21-28-81-43-80-39-58(55)81)90-70(87)68-79(71,91-68)77(51-16-10-14-46(31-51)30-45-12-4-3-5-13-45)63(50)75(64(76)62(84)66(77)85)42-89-69(86)65(74)78(52,75)92-76/h3-5,12-13,20-22,27-29,34,44,46-51,53-55,57-59,61,63-68,80,82-83,85H,6-11,14-19,23-26,30-33,35-43H2,1-2H3/t44-,46-,47+,48+,49-,50+,51+,53-,54+,55-,57+,58+,59-,61+,63-,64+,65+,66-,67+,68-,71+,73-,74-,75-,76+,77+,78+,79-/m1/s1. The van der Waals surface area contributed by atoms with Gasteiger partial charge in [-0.15, -0.1) is 0 Å². The third kappa shape index (κ3) is 6.84. The number of fused-ring (bicyclic) bond motifs is 5. The average molecular weight is 1250 g/mol. The van der Waals surface area contributed by atoms with Crippen LogP contribution in [0, 0.1) is 121 Å². The summed E-state index contributed by atoms with van der Waals surface area (Å²) in [6, 6.07) is 13.3. The second kappa shape index (κ2) is 19.6. The molecule has 7 spiro atoms. The van der Waals surface area contributed by atoms with Crippen molar-refractivity contribution >= 4 is 17.7 Å². The van der Waals surface area contributed by atoms with Gasteiger partial charge in [-0.05, 0) is 221 Å². The number of nitrogens with zero attached hydrogens (tertiary/aromatic N) is 1. The molecule has 1 aromatic carbocycles. The van der Waals surface area contributed by atoms with Gasteiger partial charge in [-0.3, -0.25) is 14.9 Å². The Kier molecular flexibility index (Phi) is 12.4. The first-order valence-corrected chi connectivity index (χ1v) is 37.6. The molecule has 1 aromatic heterocycles. The molecular weight excluding hydrogens is 1150 g/mol. The number of Topliss-reactive ketones (excluding diaryl/α,β-unsaturated/α-hetero) is 1. The monoisotopic (exact) mass is 1250 g/mol. The minimum absolute atomic E-state index is 0.0650. The topological polar surface area (TPSA) is 181 Å². The number of nitrogens with one attached hydrogen (secondary N) is 1. The van der Waals surface area contributed by atoms with Gasteiger partial charge in [0.2, 0.25) is 0 Å². The zero-order valence-electron chi connectivity index (χ0n) is 54.5. The van der Waals surface area contributed by atoms with Crippen molar-refractivity contribution in [3.8, 4) is 0 Å². The number of carbonyl (C=O) groups excluding carboxylic acids is 3. The van der Waals surface area contributed by atoms with Crippen LogP contribution in [0.5, 0.6) is 0 Å². The molecule has 7 aliphatic heterocycles. The Labute approximate surface area is 543 Å². The number of hydrogen-bond donors (Lipinski definition) is 4. The Morgan fingerprint density at radius 1 is 0.826 bits per heavy atom. The van der Waals surface area contributed by atoms with E-state index in [1.54, 1.807) is 6.26 Å². The summed E-state index contributed by atoms with van der Waals surface area (Å²) in [6.45, 7) is 6.41. The van der Waals surface area contributed by atoms with Crippen molar-refractivity contribution in [2.75, 3.05) is 26.4 Å². The first-order chi connectivity index (χ1) is 44.7. The van der Waals surface area contributed by atoms with E-state index in [0.717, 1.165) is 122 Å². The summed E-state index contributed by atoms with van der Waals surface area (Å²) in [4.78, 5) is 52.7. The SMILES string of the molecule is C[C@@H]1[C@@H]2CCCC[C@H]2C=C[C@]12CCC[C@]13O[C@]45C(=C[C@@H]21)C[C@@H]1CC2(CCCC2)C[C@]12C[C@@H]1C[C@@]6(C)[C@H](c7ccoc7C[C@@H]([C@H]7CC[C@@H]8[C@H](C=CN9CNC[C@@H]89)C7)[C@H](O)CO)OC(=O)[C@H]7O[C@]76[C@]6([C@H]7CCC[C@H](Cc8ccccc8)C7)[C@H](O)C(=O)[C@H]3[C@@]4(COC(=O)[C@@H]25)[C@@H]16. The number of ketones is 1. The Bertz CT molecular complexity index is 3500. The van der Waals surface area contributed by atoms with Gasteiger partial charge in [0, 0.05) is 46.7 Å². The van der Waals surface area contributed by atoms with Crippen molar-refractivity contribution in [1.29, 1.82) is 0 Å². The number of rotatable bonds is 9. The number of ether oxygens (including phenoxy) is 4. The lowest BCUT2D eigenvalue weighted by atomic mass is 9.29. The van der Waals surface area contributed by atoms with Crippen LogP contribution in [-0.4, -0.2) is 106 Å². The Hall–Kier alpha value is -4.11. The van der Waals surface area contributed by atoms with E-state index in [1.807, 2.05) is 6.07 Å². The highest BCUT2D eigenvalue weighted by Gasteiger charge is 2.99. The van der Waals surface area contributed by atoms with Crippen molar-refractivity contribution in [3.63, 3.8) is 0 Å². The largest absolute Gasteiger partial charge is 0.469 e. The summed E-state index contributed by atoms with van der Waals surface area (Å²) in [5, 5.41) is 41.8. The van der Waals surface area contributed by atoms with Crippen LogP contribution >= 0.6 is 0 Å². The van der Waals surface area contributed by atoms with Crippen molar-refractivity contribution in [2.45, 2.75) is 222 Å². The summed E-state index contributed by atoms with van der Waals surface area (Å²) in [6.07, 6.45) is 34.0. The fourth-order valence-corrected chi connectivity index (χ4v) is 30.4. The van der Waals surface area contributed by atoms with Crippen molar-refractivity contribution in [3.05, 3.63) is 95.6 Å². The number of hydrogen-bond acceptors (Lipinski definition) is 13. The second-order valence-corrected chi connectivity index (χ2v) is 35.5. The van der Waals surface area contributed by atoms with Crippen LogP contribution in [0.15, 0.2) is 83.2 Å². The smallest absolute Gasteiger partial charge is 0.339 e. The zero-order chi connectivity index (χ0) is 61.9. The van der Waals surface area contributed by atoms with Crippen LogP contribution in [0.3, 0.4) is 0 Å². The fourth-order valence-electron chi connectivity index (χ4n) is 30.4. The van der Waals surface area contributed by atoms with Crippen LogP contribution in [0.2, 0.25) is 0 Å². The van der Waals surface area contributed by atoms with E-state index in [0.29, 0.717) is 60.7 Å². The molecule has 0 radical (unpaired) electrons. The van der Waals surface area contributed by atoms with Gasteiger partial charge in [0.1, 0.15) is 35.8 Å². The van der Waals surface area contributed by atoms with Gasteiger partial charge in [0.05, 0.1) is 48.5 Å². The molecule has 13 heteroatoms. The molecule has 28 atom stereocenters. The maximum atomic E-state index is 18.0. The van der Waals surface area contributed by atoms with Crippen molar-refractivity contribution < 1.29 is 53.1 Å². The van der Waals surface area contributed by atoms with Gasteiger partial charge in [-0.25, -0.2) is 4.79 Å². The number of aliphatic hydroxyl groups is 3. The van der Waals surface area contributed by atoms with Crippen LogP contribution in [0.4, 0.5) is 0 Å². The Morgan fingerprint density at radius 3 is 2.54 bits per heavy atom. The molecule has 0 unspecified atom stereocenters. The second-order valence-electron chi connectivity index (χ2n) is 35.5. The van der Waals surface area contributed by atoms with E-state index in [1.165, 1.54) is 49.7 Å². The molecule has 5 saturated heterocycles. The van der Waals surface area contributed by atoms with E-state index in [9.17, 15) is 10.2 Å². The maximum Gasteiger partial charge on any atom is 0.339 e. The van der Waals surface area contributed by atoms with Gasteiger partial charge >= 0.3 is 11.9 Å². The van der Waals surface area contributed by atoms with Gasteiger partial charge < -0.3 is 43.6 Å². The molecule has 11 aliphatic carbocycles. The fraction of sp³-hybridized carbons (Fsp3) is 0.759. The lowest BCUT2D eigenvalue weighted by molar-refractivity contribution is -0.301. The molecule has 18 aliphatic rings. The number of furan rings is 1. The van der Waals surface area contributed by atoms with Gasteiger partial charge in [0.15, 0.2) is 11.9 Å². The highest BCUT2D eigenvalue weighted by molar-refractivity contribution is 5.94. The molecule has 10 saturated carbocycles. The maximum absolute atomic E-state index is 18.0. The Balaban J connectivity index is 0.791. The van der Waals surface area contributed by atoms with E-state index in [4.69, 9.17) is 23.4 Å². The first-order valence-electron chi connectivity index (χ1n) is 37.6. The highest BCUT2D eigenvalue weighted by atomic mass is 16.7. The third-order valence-corrected chi connectivity index (χ3v) is 32.9. The molecule has 5 bridgehead atoms. The number of carbonyl (C=O) groups is 3. The first kappa shape index (κ1) is 58.1. The van der Waals surface area contributed by atoms with Crippen LogP contribution < -0.4 is 5.32 Å². The van der Waals surface area contributed by atoms with E-state index < -0.39 is 86.6 Å². The van der Waals surface area contributed by atoms with Gasteiger partial charge in [-0.2, -0.15) is 0 Å². The summed E-state index contributed by atoms with van der Waals surface area (Å²) in [5.74, 6) is 0.242. The normalized spacial score (nSPS) is 52.7. The predicted octanol–water partition coefficient (Wildman–Crippen LogP) is 11.7. The lowest BCUT2D eigenvalue weighted by Gasteiger charge is -2.73. The number of allylic oxidation sites excluding steroid dienone is 3. The molecule has 492 valence electrons. The molecule has 92 heavy (non-hydrogen) atoms. The van der Waals surface area contributed by atoms with Gasteiger partial charge in [0.25, 0.3) is 0 Å². The number of esters is 2. The molecule has 4 N–H and O–H groups in total. The minimum atomic E-state index is -1.50. The predicted molar refractivity (Wildman–Crippen MR) is 340 cm³/mol. The number of benzene rings is 1. The Morgan fingerprint density at radius 2 is 1.68 bits per heavy atom. The molecule has 0 amide bonds. The summed E-state index contributed by atoms with van der Waals surface area (Å²) < 4.78 is 37.8. The van der Waals surface area contributed by atoms with E-state index in [2.05, 4.69) is 84.9 Å². The summed E-state index contributed by atoms with van der Waals surface area (Å²) in [7, 11) is 0. The molecule has 13 nitrogen and oxygen atoms in total. The van der Waals surface area contributed by atoms with Crippen molar-refractivity contribution in [1.82, 2.24) is 10.2 Å². The molecule has 15 fully saturated rings. The number of aliphatic hydroxyl groups excluding tert-OH is 3. The van der Waals surface area contributed by atoms with Gasteiger partial charge in [-0.1, -0.05) is 107 Å². The van der Waals surface area contributed by atoms with Crippen molar-refractivity contribution in [2.24, 2.45) is 121 Å². The summed E-state index contributed by atoms with van der Waals surface area (Å²) in [5.41, 5.74) is -4.23.